The predicted molar refractivity (Wildman–Crippen MR) is 473 cm³/mol. The normalized spacial score (nSPS) is 18.6. The van der Waals surface area contributed by atoms with Gasteiger partial charge in [-0.15, -0.1) is 0 Å². The molecule has 0 radical (unpaired) electrons. The number of methoxy groups -OCH3 is 2. The Kier molecular flexibility index (Phi) is 45.9. The minimum Gasteiger partial charge on any atom is -0.480 e. The number of aliphatic hydroxyl groups is 3. The van der Waals surface area contributed by atoms with Crippen molar-refractivity contribution < 1.29 is 126 Å². The highest BCUT2D eigenvalue weighted by molar-refractivity contribution is 6.13. The number of primary amides is 1. The first kappa shape index (κ1) is 110. The van der Waals surface area contributed by atoms with Crippen LogP contribution in [0.15, 0.2) is 66.7 Å². The molecule has 3 aliphatic heterocycles. The molecule has 43 heteroatoms. The number of carbonyl (C=O) groups is 18. The quantitative estimate of drug-likeness (QED) is 0.0276. The number of nitrogens with one attached hydrogen (secondary N) is 12. The maximum Gasteiger partial charge on any atom is 0.410 e. The number of likely N-dealkylation sites (N-methyl/N-ethyl adjacent to an activating group) is 2. The monoisotopic (exact) mass is 1850 g/mol. The summed E-state index contributed by atoms with van der Waals surface area (Å²) in [6.07, 6.45) is -6.14. The summed E-state index contributed by atoms with van der Waals surface area (Å²) in [4.78, 5) is 243. The highest BCUT2D eigenvalue weighted by Crippen LogP contribution is 2.32. The molecule has 2 aromatic carbocycles. The van der Waals surface area contributed by atoms with Crippen molar-refractivity contribution in [2.75, 3.05) is 86.0 Å². The van der Waals surface area contributed by atoms with Crippen LogP contribution in [0.1, 0.15) is 170 Å². The van der Waals surface area contributed by atoms with Crippen LogP contribution < -0.4 is 69.5 Å². The number of hydrogen-bond acceptors (Lipinski definition) is 25. The number of amides is 18. The highest BCUT2D eigenvalue weighted by Gasteiger charge is 2.47. The summed E-state index contributed by atoms with van der Waals surface area (Å²) in [5, 5.41) is 71.4. The van der Waals surface area contributed by atoms with Gasteiger partial charge in [-0.2, -0.15) is 0 Å². The van der Waals surface area contributed by atoms with Crippen molar-refractivity contribution in [3.63, 3.8) is 0 Å². The van der Waals surface area contributed by atoms with Crippen molar-refractivity contribution in [2.24, 2.45) is 35.3 Å². The van der Waals surface area contributed by atoms with Gasteiger partial charge >= 0.3 is 18.1 Å². The Hall–Kier alpha value is -11.8. The van der Waals surface area contributed by atoms with Crippen LogP contribution in [0.3, 0.4) is 0 Å². The lowest BCUT2D eigenvalue weighted by Crippen LogP contribution is -2.60. The van der Waals surface area contributed by atoms with Gasteiger partial charge in [0, 0.05) is 85.2 Å². The van der Waals surface area contributed by atoms with Crippen molar-refractivity contribution in [3.8, 4) is 0 Å². The lowest BCUT2D eigenvalue weighted by atomic mass is 9.89. The van der Waals surface area contributed by atoms with Crippen LogP contribution in [0.4, 0.5) is 15.3 Å². The summed E-state index contributed by atoms with van der Waals surface area (Å²) >= 11 is 0. The first-order chi connectivity index (χ1) is 61.9. The van der Waals surface area contributed by atoms with E-state index in [1.54, 1.807) is 91.6 Å². The Bertz CT molecular complexity index is 4240. The van der Waals surface area contributed by atoms with Gasteiger partial charge < -0.3 is 119 Å². The number of hydrogen-bond donors (Lipinski definition) is 17. The number of nitrogens with two attached hydrogens (primary N) is 1. The molecule has 2 aromatic rings. The first-order valence-corrected chi connectivity index (χ1v) is 44.2. The molecule has 43 nitrogen and oxygen atoms in total. The van der Waals surface area contributed by atoms with Crippen LogP contribution in [0.25, 0.3) is 0 Å². The fourth-order valence-electron chi connectivity index (χ4n) is 15.5. The largest absolute Gasteiger partial charge is 0.480 e. The minimum atomic E-state index is -1.67. The van der Waals surface area contributed by atoms with E-state index in [2.05, 4.69) is 58.5 Å². The summed E-state index contributed by atoms with van der Waals surface area (Å²) in [6.45, 7) is 14.6. The van der Waals surface area contributed by atoms with Crippen LogP contribution in [-0.4, -0.2) is 312 Å². The average Bonchev–Trinajstić information content (AvgIpc) is 1.75. The Balaban J connectivity index is 1.20. The summed E-state index contributed by atoms with van der Waals surface area (Å²) in [7, 11) is 5.95. The third-order valence-electron chi connectivity index (χ3n) is 23.1. The molecule has 0 unspecified atom stereocenters. The number of likely N-dealkylation sites (tertiary alicyclic amines) is 1. The molecule has 17 atom stereocenters. The van der Waals surface area contributed by atoms with Crippen LogP contribution in [0, 0.1) is 29.6 Å². The zero-order chi connectivity index (χ0) is 97.6. The standard InChI is InChI=1S/C88H135N17O26/c1-15-51(8)76(60(128-13)41-71(114)104-39-23-27-59(104)80(129-14)52(9)81(120)96-53(10)77(117)55-24-18-16-19-25-55)102(11)86(125)74(49(4)5)101-85(124)75(50(6)7)103(12)88(127)130-47-54-29-31-56(32-30-54)97-82(121)57(26-22-37-90-87(89)126)99-84(123)73(48(2)3)100-83(122)58(98-64(107)28-20-17-21-38-105-69(112)35-36-70(105)113)33-34-63(106)91-42-62-79(119)78(118)61(131-62)40-65(108)92-43-66(109)93-44-67(110)94-45-68(111)95-46-72(115)116/h16,18-19,24-25,29-32,35-36,48-53,57-62,73-80,117-119H,15,17,20-23,26-28,33-34,37-47H2,1-14H3,(H,91,106)(H,92,108)(H,93,109)(H,94,110)(H,95,111)(H,96,120)(H,97,121)(H,98,107)(H,99,123)(H,100,122)(H,101,124)(H,115,116)(H3,89,90,126)/t51-,52+,53+,57-,58-,59-,60+,61-,62+,73-,74-,75-,76-,77+,78-,79+,80+/m0/s1. The molecule has 18 N–H and O–H groups in total. The van der Waals surface area contributed by atoms with E-state index in [1.807, 2.05) is 25.2 Å². The number of ether oxygens (including phenoxy) is 4. The van der Waals surface area contributed by atoms with Crippen molar-refractivity contribution >= 4 is 112 Å². The number of imide groups is 1. The molecule has 131 heavy (non-hydrogen) atoms. The van der Waals surface area contributed by atoms with E-state index >= 15 is 0 Å². The number of aliphatic carboxylic acids is 1. The van der Waals surface area contributed by atoms with Gasteiger partial charge in [-0.3, -0.25) is 86.5 Å². The molecule has 0 bridgehead atoms. The molecule has 0 saturated carbocycles. The molecule has 2 saturated heterocycles. The summed E-state index contributed by atoms with van der Waals surface area (Å²) < 4.78 is 23.5. The van der Waals surface area contributed by atoms with Gasteiger partial charge in [0.15, 0.2) is 0 Å². The Morgan fingerprint density at radius 3 is 1.75 bits per heavy atom. The number of nitrogens with zero attached hydrogens (tertiary/aromatic N) is 4. The van der Waals surface area contributed by atoms with Gasteiger partial charge in [0.25, 0.3) is 11.8 Å². The van der Waals surface area contributed by atoms with Crippen molar-refractivity contribution in [2.45, 2.75) is 250 Å². The van der Waals surface area contributed by atoms with Crippen LogP contribution in [0.2, 0.25) is 0 Å². The number of carbonyl (C=O) groups excluding carboxylic acids is 17. The predicted octanol–water partition coefficient (Wildman–Crippen LogP) is -1.11. The maximum atomic E-state index is 14.9. The topological polar surface area (TPSA) is 608 Å². The smallest absolute Gasteiger partial charge is 0.410 e. The number of carboxylic acid groups (broad SMARTS) is 1. The molecular formula is C88H135N17O26. The van der Waals surface area contributed by atoms with Crippen LogP contribution in [-0.2, 0) is 102 Å². The molecular weight excluding hydrogens is 1710 g/mol. The first-order valence-electron chi connectivity index (χ1n) is 44.2. The van der Waals surface area contributed by atoms with Gasteiger partial charge in [0.05, 0.1) is 80.9 Å². The second-order valence-electron chi connectivity index (χ2n) is 34.1. The Morgan fingerprint density at radius 2 is 1.18 bits per heavy atom. The average molecular weight is 1850 g/mol. The second-order valence-corrected chi connectivity index (χ2v) is 34.1. The number of aliphatic hydroxyl groups excluding tert-OH is 3. The number of anilines is 1. The third-order valence-corrected chi connectivity index (χ3v) is 23.1. The Morgan fingerprint density at radius 1 is 0.588 bits per heavy atom. The number of carboxylic acids is 1. The van der Waals surface area contributed by atoms with E-state index in [9.17, 15) is 102 Å². The molecule has 728 valence electrons. The minimum absolute atomic E-state index is 0.0282. The number of urea groups is 1. The highest BCUT2D eigenvalue weighted by atomic mass is 16.6. The molecule has 0 aromatic heterocycles. The van der Waals surface area contributed by atoms with Gasteiger partial charge in [0.2, 0.25) is 76.8 Å². The molecule has 0 aliphatic carbocycles. The van der Waals surface area contributed by atoms with Crippen molar-refractivity contribution in [3.05, 3.63) is 77.9 Å². The SMILES string of the molecule is CC[C@H](C)[C@@H]([C@@H](CC(=O)N1CCC[C@H]1[C@H](OC)[C@@H](C)C(=O)N[C@H](C)[C@@H](O)c1ccccc1)OC)N(C)C(=O)[C@@H](NC(=O)[C@H](C(C)C)N(C)C(=O)OCc1ccc(NC(=O)[C@H](CCCNC(N)=O)NC(=O)[C@@H](NC(=O)[C@H](CCC(=O)NC[C@H]2O[C@@H](CC(=O)NCC(=O)NCC(=O)NCC(=O)NCC(=O)O)[C@H](O)[C@@H]2O)NC(=O)CCCCCN2C(=O)C=CC2=O)C(C)C)cc1)C(C)C. The van der Waals surface area contributed by atoms with E-state index in [0.717, 1.165) is 22.0 Å². The lowest BCUT2D eigenvalue weighted by Gasteiger charge is -2.41. The van der Waals surface area contributed by atoms with Crippen molar-refractivity contribution in [1.82, 2.24) is 78.1 Å². The molecule has 3 aliphatic rings. The van der Waals surface area contributed by atoms with Gasteiger partial charge in [-0.1, -0.05) is 118 Å². The third kappa shape index (κ3) is 35.1. The Labute approximate surface area is 762 Å². The summed E-state index contributed by atoms with van der Waals surface area (Å²) in [5.41, 5.74) is 6.60. The second kappa shape index (κ2) is 54.8. The van der Waals surface area contributed by atoms with Crippen molar-refractivity contribution in [1.29, 1.82) is 0 Å². The molecule has 2 fully saturated rings. The fourth-order valence-corrected chi connectivity index (χ4v) is 15.5. The molecule has 5 rings (SSSR count). The molecule has 0 spiro atoms. The number of rotatable bonds is 55. The van der Waals surface area contributed by atoms with Crippen LogP contribution in [0.5, 0.6) is 0 Å². The van der Waals surface area contributed by atoms with Gasteiger partial charge in [-0.05, 0) is 98.8 Å². The van der Waals surface area contributed by atoms with Gasteiger partial charge in [0.1, 0.15) is 61.7 Å². The van der Waals surface area contributed by atoms with E-state index in [4.69, 9.17) is 29.8 Å². The zero-order valence-electron chi connectivity index (χ0n) is 77.1. The summed E-state index contributed by atoms with van der Waals surface area (Å²) in [5.74, 6) is -13.9. The van der Waals surface area contributed by atoms with Crippen LogP contribution >= 0.6 is 0 Å². The van der Waals surface area contributed by atoms with E-state index in [0.29, 0.717) is 49.8 Å². The zero-order valence-corrected chi connectivity index (χ0v) is 77.1. The fraction of sp³-hybridized carbons (Fsp3) is 0.636. The van der Waals surface area contributed by atoms with Gasteiger partial charge in [-0.25, -0.2) is 9.59 Å². The maximum absolute atomic E-state index is 14.9. The molecule has 18 amide bonds. The van der Waals surface area contributed by atoms with E-state index < -0.39 is 262 Å². The number of unbranched alkanes of at least 4 members (excludes halogenated alkanes) is 2. The molecule has 3 heterocycles. The summed E-state index contributed by atoms with van der Waals surface area (Å²) in [6, 6.07) is 5.80. The lowest BCUT2D eigenvalue weighted by molar-refractivity contribution is -0.148. The number of benzene rings is 2. The van der Waals surface area contributed by atoms with E-state index in [1.165, 1.54) is 50.4 Å². The van der Waals surface area contributed by atoms with E-state index in [-0.39, 0.29) is 75.2 Å².